The number of cyclic esters (lactones) is 1. The van der Waals surface area contributed by atoms with Crippen molar-refractivity contribution in [2.24, 2.45) is 0 Å². The molecule has 2 atom stereocenters. The fourth-order valence-corrected chi connectivity index (χ4v) is 8.22. The van der Waals surface area contributed by atoms with Crippen LogP contribution in [0.1, 0.15) is 166 Å². The van der Waals surface area contributed by atoms with Gasteiger partial charge in [-0.3, -0.25) is 19.2 Å². The molecule has 1 aromatic carbocycles. The third-order valence-electron chi connectivity index (χ3n) is 11.5. The molecule has 0 spiro atoms. The maximum absolute atomic E-state index is 13.9. The molecular weight excluding hydrogens is 777 g/mol. The first-order valence-corrected chi connectivity index (χ1v) is 22.5. The summed E-state index contributed by atoms with van der Waals surface area (Å²) in [5.74, 6) is -3.26. The van der Waals surface area contributed by atoms with Gasteiger partial charge in [0.25, 0.3) is 5.56 Å². The number of aryl methyl sites for hydroxylation is 1. The average molecular weight is 843 g/mol. The molecular formula is C48H66N4O9. The van der Waals surface area contributed by atoms with Crippen molar-refractivity contribution >= 4 is 40.6 Å². The van der Waals surface area contributed by atoms with Crippen LogP contribution < -0.4 is 16.2 Å². The summed E-state index contributed by atoms with van der Waals surface area (Å²) in [6.45, 7) is 10.5. The number of hydrogen-bond acceptors (Lipinski definition) is 10. The molecule has 13 nitrogen and oxygen atoms in total. The quantitative estimate of drug-likeness (QED) is 0.0422. The number of rotatable bonds is 23. The summed E-state index contributed by atoms with van der Waals surface area (Å²) >= 11 is 0. The monoisotopic (exact) mass is 842 g/mol. The predicted octanol–water partition coefficient (Wildman–Crippen LogP) is 8.14. The van der Waals surface area contributed by atoms with Gasteiger partial charge in [0.05, 0.1) is 29.0 Å². The second-order valence-corrected chi connectivity index (χ2v) is 17.7. The Kier molecular flexibility index (Phi) is 16.7. The molecule has 0 radical (unpaired) electrons. The van der Waals surface area contributed by atoms with E-state index in [1.165, 1.54) is 57.8 Å². The van der Waals surface area contributed by atoms with Crippen molar-refractivity contribution in [3.05, 3.63) is 62.9 Å². The van der Waals surface area contributed by atoms with Gasteiger partial charge in [0, 0.05) is 29.4 Å². The lowest BCUT2D eigenvalue weighted by Gasteiger charge is -2.35. The van der Waals surface area contributed by atoms with Crippen molar-refractivity contribution in [2.45, 2.75) is 181 Å². The van der Waals surface area contributed by atoms with Crippen LogP contribution in [0.5, 0.6) is 0 Å². The Morgan fingerprint density at radius 1 is 0.869 bits per heavy atom. The number of nitrogens with zero attached hydrogens (tertiary/aromatic N) is 2. The normalized spacial score (nSPS) is 15.9. The fraction of sp³-hybridized carbons (Fsp3) is 0.604. The van der Waals surface area contributed by atoms with Crippen LogP contribution in [-0.4, -0.2) is 57.5 Å². The zero-order valence-electron chi connectivity index (χ0n) is 37.2. The van der Waals surface area contributed by atoms with Gasteiger partial charge < -0.3 is 29.4 Å². The lowest BCUT2D eigenvalue weighted by molar-refractivity contribution is -0.189. The van der Waals surface area contributed by atoms with Gasteiger partial charge in [0.1, 0.15) is 24.8 Å². The molecule has 2 aliphatic heterocycles. The minimum atomic E-state index is -1.93. The largest absolute Gasteiger partial charge is 0.458 e. The molecule has 0 fully saturated rings. The van der Waals surface area contributed by atoms with E-state index in [0.717, 1.165) is 41.3 Å². The Balaban J connectivity index is 1.13. The highest BCUT2D eigenvalue weighted by atomic mass is 16.6. The third-order valence-corrected chi connectivity index (χ3v) is 11.5. The van der Waals surface area contributed by atoms with E-state index < -0.39 is 47.6 Å². The van der Waals surface area contributed by atoms with Crippen molar-refractivity contribution in [1.29, 1.82) is 0 Å². The summed E-state index contributed by atoms with van der Waals surface area (Å²) in [5, 5.41) is 6.21. The molecule has 0 aliphatic carbocycles. The van der Waals surface area contributed by atoms with E-state index in [0.29, 0.717) is 24.4 Å². The highest BCUT2D eigenvalue weighted by Crippen LogP contribution is 2.41. The molecule has 2 aromatic heterocycles. The number of nitrogens with one attached hydrogen (secondary N) is 2. The summed E-state index contributed by atoms with van der Waals surface area (Å²) in [6.07, 6.45) is 15.4. The van der Waals surface area contributed by atoms with Gasteiger partial charge >= 0.3 is 17.9 Å². The minimum absolute atomic E-state index is 0.0325. The van der Waals surface area contributed by atoms with Crippen LogP contribution in [0.4, 0.5) is 0 Å². The highest BCUT2D eigenvalue weighted by Gasteiger charge is 2.50. The van der Waals surface area contributed by atoms with Gasteiger partial charge in [0.2, 0.25) is 17.4 Å². The molecule has 13 heteroatoms. The summed E-state index contributed by atoms with van der Waals surface area (Å²) in [5.41, 5.74) is 1.16. The number of ether oxygens (including phenoxy) is 3. The van der Waals surface area contributed by atoms with E-state index in [1.54, 1.807) is 38.3 Å². The first kappa shape index (κ1) is 47.0. The number of unbranched alkanes of at least 4 members (excludes halogenated alkanes) is 12. The average Bonchev–Trinajstić information content (AvgIpc) is 3.57. The Morgan fingerprint density at radius 3 is 2.16 bits per heavy atom. The molecule has 0 saturated carbocycles. The van der Waals surface area contributed by atoms with E-state index in [4.69, 9.17) is 19.2 Å². The highest BCUT2D eigenvalue weighted by molar-refractivity contribution is 5.90. The zero-order chi connectivity index (χ0) is 44.2. The van der Waals surface area contributed by atoms with E-state index in [1.807, 2.05) is 31.2 Å². The maximum atomic E-state index is 13.9. The smallest absolute Gasteiger partial charge is 0.355 e. The molecule has 4 heterocycles. The van der Waals surface area contributed by atoms with Crippen LogP contribution in [0.2, 0.25) is 0 Å². The molecule has 2 N–H and O–H groups in total. The Bertz CT molecular complexity index is 2120. The standard InChI is InChI=1S/C48H66N4O9/c1-7-9-10-11-12-13-14-15-16-17-18-19-20-21-41(54)50-38(45(57)61-47(4,5)6)24-25-40(53)49-29-42(55)60-48(8-2)36-28-39-43-34(27-33-26-32(3)22-23-37(33)51-43)30-52(39)44(56)35(36)31-59-46(48)58/h22-23,26-28,38H,7-21,24-25,29-31H2,1-6H3,(H,49,53)(H,50,54)/t38-,48-/m0/s1. The van der Waals surface area contributed by atoms with Gasteiger partial charge in [-0.25, -0.2) is 14.6 Å². The lowest BCUT2D eigenvalue weighted by Crippen LogP contribution is -2.48. The number of pyridine rings is 2. The van der Waals surface area contributed by atoms with Crippen LogP contribution in [0, 0.1) is 6.92 Å². The van der Waals surface area contributed by atoms with Crippen molar-refractivity contribution in [3.63, 3.8) is 0 Å². The molecule has 0 unspecified atom stereocenters. The van der Waals surface area contributed by atoms with Crippen LogP contribution in [0.3, 0.4) is 0 Å². The SMILES string of the molecule is CCCCCCCCCCCCCCCC(=O)N[C@@H](CCC(=O)NCC(=O)O[C@]1(CC)C(=O)OCc2c1cc1n(c2=O)Cc2cc3cc(C)ccc3nc2-1)C(=O)OC(C)(C)C. The lowest BCUT2D eigenvalue weighted by atomic mass is 9.85. The second-order valence-electron chi connectivity index (χ2n) is 17.7. The molecule has 0 saturated heterocycles. The number of esters is 3. The molecule has 3 aromatic rings. The number of carbonyl (C=O) groups is 5. The number of benzene rings is 1. The van der Waals surface area contributed by atoms with Gasteiger partial charge in [-0.05, 0) is 71.2 Å². The molecule has 0 bridgehead atoms. The zero-order valence-corrected chi connectivity index (χ0v) is 37.2. The summed E-state index contributed by atoms with van der Waals surface area (Å²) in [7, 11) is 0. The number of aromatic nitrogens is 2. The molecule has 332 valence electrons. The number of amides is 2. The van der Waals surface area contributed by atoms with Crippen LogP contribution in [-0.2, 0) is 56.9 Å². The van der Waals surface area contributed by atoms with Gasteiger partial charge in [0.15, 0.2) is 0 Å². The maximum Gasteiger partial charge on any atom is 0.355 e. The third kappa shape index (κ3) is 12.5. The van der Waals surface area contributed by atoms with Crippen LogP contribution >= 0.6 is 0 Å². The fourth-order valence-electron chi connectivity index (χ4n) is 8.22. The van der Waals surface area contributed by atoms with E-state index in [9.17, 15) is 28.8 Å². The van der Waals surface area contributed by atoms with Crippen molar-refractivity contribution < 1.29 is 38.2 Å². The minimum Gasteiger partial charge on any atom is -0.458 e. The summed E-state index contributed by atoms with van der Waals surface area (Å²) in [4.78, 5) is 84.6. The molecule has 5 rings (SSSR count). The Hall–Kier alpha value is -5.07. The van der Waals surface area contributed by atoms with E-state index in [2.05, 4.69) is 17.6 Å². The van der Waals surface area contributed by atoms with E-state index in [-0.39, 0.29) is 54.9 Å². The Morgan fingerprint density at radius 2 is 1.52 bits per heavy atom. The van der Waals surface area contributed by atoms with Crippen LogP contribution in [0.15, 0.2) is 35.1 Å². The first-order valence-electron chi connectivity index (χ1n) is 22.5. The number of hydrogen-bond donors (Lipinski definition) is 2. The van der Waals surface area contributed by atoms with Gasteiger partial charge in [-0.15, -0.1) is 0 Å². The molecule has 2 amide bonds. The van der Waals surface area contributed by atoms with Crippen LogP contribution in [0.25, 0.3) is 22.3 Å². The van der Waals surface area contributed by atoms with Crippen molar-refractivity contribution in [1.82, 2.24) is 20.2 Å². The van der Waals surface area contributed by atoms with Crippen molar-refractivity contribution in [3.8, 4) is 11.4 Å². The summed E-state index contributed by atoms with van der Waals surface area (Å²) in [6, 6.07) is 8.56. The van der Waals surface area contributed by atoms with Crippen molar-refractivity contribution in [2.75, 3.05) is 6.54 Å². The first-order chi connectivity index (χ1) is 29.2. The molecule has 61 heavy (non-hydrogen) atoms. The number of carbonyl (C=O) groups excluding carboxylic acids is 5. The van der Waals surface area contributed by atoms with Gasteiger partial charge in [-0.1, -0.05) is 103 Å². The summed E-state index contributed by atoms with van der Waals surface area (Å²) < 4.78 is 18.4. The topological polar surface area (TPSA) is 172 Å². The number of fused-ring (bicyclic) bond motifs is 5. The molecule has 2 aliphatic rings. The van der Waals surface area contributed by atoms with Gasteiger partial charge in [-0.2, -0.15) is 0 Å². The predicted molar refractivity (Wildman–Crippen MR) is 233 cm³/mol. The second kappa shape index (κ2) is 21.6. The Labute approximate surface area is 360 Å². The van der Waals surface area contributed by atoms with E-state index >= 15 is 0 Å².